The van der Waals surface area contributed by atoms with E-state index in [1.54, 1.807) is 11.8 Å². The van der Waals surface area contributed by atoms with Crippen LogP contribution in [0, 0.1) is 0 Å². The third kappa shape index (κ3) is 9.54. The van der Waals surface area contributed by atoms with Gasteiger partial charge in [0.1, 0.15) is 0 Å². The van der Waals surface area contributed by atoms with Gasteiger partial charge in [0.2, 0.25) is 0 Å². The molecular weight excluding hydrogens is 328 g/mol. The van der Waals surface area contributed by atoms with E-state index in [0.717, 1.165) is 49.2 Å². The van der Waals surface area contributed by atoms with E-state index in [1.807, 2.05) is 6.08 Å². The van der Waals surface area contributed by atoms with Gasteiger partial charge in [0, 0.05) is 10.7 Å². The second-order valence-corrected chi connectivity index (χ2v) is 7.90. The highest BCUT2D eigenvalue weighted by atomic mass is 32.2. The lowest BCUT2D eigenvalue weighted by Gasteiger charge is -2.11. The number of aliphatic carboxylic acids is 1. The molecular formula is C22H32O2S. The molecule has 1 rings (SSSR count). The topological polar surface area (TPSA) is 37.3 Å². The minimum atomic E-state index is -0.812. The number of carbonyl (C=O) groups is 1. The quantitative estimate of drug-likeness (QED) is 0.434. The summed E-state index contributed by atoms with van der Waals surface area (Å²) in [6, 6.07) is 0. The van der Waals surface area contributed by atoms with Gasteiger partial charge in [-0.25, -0.2) is 4.79 Å². The molecule has 0 unspecified atom stereocenters. The average Bonchev–Trinajstić information content (AvgIpc) is 2.54. The van der Waals surface area contributed by atoms with Gasteiger partial charge in [0.15, 0.2) is 0 Å². The Labute approximate surface area is 157 Å². The van der Waals surface area contributed by atoms with Gasteiger partial charge in [-0.15, -0.1) is 11.8 Å². The molecule has 3 heteroatoms. The zero-order valence-corrected chi connectivity index (χ0v) is 16.9. The van der Waals surface area contributed by atoms with Gasteiger partial charge in [0.05, 0.1) is 5.57 Å². The molecule has 2 nitrogen and oxygen atoms in total. The Morgan fingerprint density at radius 1 is 1.00 bits per heavy atom. The lowest BCUT2D eigenvalue weighted by Crippen LogP contribution is -2.04. The molecule has 0 aromatic heterocycles. The zero-order chi connectivity index (χ0) is 18.7. The van der Waals surface area contributed by atoms with Crippen LogP contribution in [0.2, 0.25) is 0 Å². The molecule has 0 radical (unpaired) electrons. The largest absolute Gasteiger partial charge is 0.478 e. The van der Waals surface area contributed by atoms with E-state index >= 15 is 0 Å². The molecule has 1 aliphatic carbocycles. The Hall–Kier alpha value is -1.48. The molecule has 0 bridgehead atoms. The first-order chi connectivity index (χ1) is 11.9. The molecule has 1 aliphatic rings. The predicted molar refractivity (Wildman–Crippen MR) is 111 cm³/mol. The predicted octanol–water partition coefficient (Wildman–Crippen LogP) is 6.83. The van der Waals surface area contributed by atoms with E-state index in [9.17, 15) is 9.90 Å². The summed E-state index contributed by atoms with van der Waals surface area (Å²) in [6.07, 6.45) is 17.0. The maximum absolute atomic E-state index is 11.2. The molecule has 25 heavy (non-hydrogen) atoms. The van der Waals surface area contributed by atoms with Gasteiger partial charge in [-0.2, -0.15) is 0 Å². The van der Waals surface area contributed by atoms with E-state index in [4.69, 9.17) is 0 Å². The number of hydrogen-bond acceptors (Lipinski definition) is 2. The zero-order valence-electron chi connectivity index (χ0n) is 16.1. The summed E-state index contributed by atoms with van der Waals surface area (Å²) < 4.78 is 0. The highest BCUT2D eigenvalue weighted by Crippen LogP contribution is 2.29. The Morgan fingerprint density at radius 3 is 2.24 bits per heavy atom. The van der Waals surface area contributed by atoms with Crippen LogP contribution >= 0.6 is 11.8 Å². The molecule has 0 heterocycles. The lowest BCUT2D eigenvalue weighted by atomic mass is 10.1. The summed E-state index contributed by atoms with van der Waals surface area (Å²) in [4.78, 5) is 12.1. The molecule has 0 aromatic carbocycles. The molecule has 0 spiro atoms. The van der Waals surface area contributed by atoms with Crippen molar-refractivity contribution in [2.75, 3.05) is 5.75 Å². The van der Waals surface area contributed by atoms with Crippen molar-refractivity contribution in [1.29, 1.82) is 0 Å². The Morgan fingerprint density at radius 2 is 1.60 bits per heavy atom. The molecule has 0 fully saturated rings. The Bertz CT molecular complexity index is 600. The van der Waals surface area contributed by atoms with E-state index in [2.05, 4.69) is 52.0 Å². The van der Waals surface area contributed by atoms with Crippen LogP contribution in [0.25, 0.3) is 0 Å². The minimum Gasteiger partial charge on any atom is -0.478 e. The van der Waals surface area contributed by atoms with Crippen molar-refractivity contribution in [2.24, 2.45) is 0 Å². The summed E-state index contributed by atoms with van der Waals surface area (Å²) in [6.45, 7) is 8.66. The van der Waals surface area contributed by atoms with Crippen LogP contribution in [0.4, 0.5) is 0 Å². The lowest BCUT2D eigenvalue weighted by molar-refractivity contribution is -0.132. The smallest absolute Gasteiger partial charge is 0.336 e. The number of thioether (sulfide) groups is 1. The fourth-order valence-electron chi connectivity index (χ4n) is 2.59. The van der Waals surface area contributed by atoms with Crippen molar-refractivity contribution < 1.29 is 9.90 Å². The second kappa shape index (κ2) is 12.0. The highest BCUT2D eigenvalue weighted by Gasteiger charge is 2.15. The number of carboxylic acids is 1. The molecule has 0 atom stereocenters. The van der Waals surface area contributed by atoms with Crippen molar-refractivity contribution in [1.82, 2.24) is 0 Å². The van der Waals surface area contributed by atoms with E-state index in [0.29, 0.717) is 5.57 Å². The van der Waals surface area contributed by atoms with Crippen LogP contribution in [0.1, 0.15) is 66.2 Å². The fraction of sp³-hybridized carbons (Fsp3) is 0.500. The number of allylic oxidation sites excluding steroid dienone is 7. The summed E-state index contributed by atoms with van der Waals surface area (Å²) >= 11 is 1.63. The molecule has 0 saturated heterocycles. The van der Waals surface area contributed by atoms with Crippen molar-refractivity contribution in [3.8, 4) is 0 Å². The first-order valence-electron chi connectivity index (χ1n) is 9.11. The third-order valence-corrected chi connectivity index (χ3v) is 5.17. The SMILES string of the molecule is CC(C)=CCC/C(C)=C/CC/C(C)=C/CSC1=CCCC=C1C(=O)O. The standard InChI is InChI=1S/C22H32O2S/c1-17(2)9-7-10-18(3)11-8-12-19(4)15-16-25-21-14-6-5-13-20(21)22(23)24/h9,11,13-15H,5-8,10,12,16H2,1-4H3,(H,23,24)/b18-11+,19-15+. The number of carboxylic acid groups (broad SMARTS) is 1. The van der Waals surface area contributed by atoms with Crippen molar-refractivity contribution in [3.05, 3.63) is 57.6 Å². The first kappa shape index (κ1) is 21.6. The van der Waals surface area contributed by atoms with Gasteiger partial charge < -0.3 is 5.11 Å². The van der Waals surface area contributed by atoms with Gasteiger partial charge in [0.25, 0.3) is 0 Å². The van der Waals surface area contributed by atoms with Crippen LogP contribution in [0.15, 0.2) is 57.6 Å². The average molecular weight is 361 g/mol. The second-order valence-electron chi connectivity index (χ2n) is 6.84. The van der Waals surface area contributed by atoms with Crippen LogP contribution in [0.3, 0.4) is 0 Å². The summed E-state index contributed by atoms with van der Waals surface area (Å²) in [5.74, 6) is 0.0267. The molecule has 0 aromatic rings. The van der Waals surface area contributed by atoms with E-state index in [1.165, 1.54) is 16.7 Å². The molecule has 138 valence electrons. The fourth-order valence-corrected chi connectivity index (χ4v) is 3.70. The van der Waals surface area contributed by atoms with Crippen molar-refractivity contribution >= 4 is 17.7 Å². The highest BCUT2D eigenvalue weighted by molar-refractivity contribution is 8.03. The van der Waals surface area contributed by atoms with E-state index < -0.39 is 5.97 Å². The molecule has 1 N–H and O–H groups in total. The summed E-state index contributed by atoms with van der Waals surface area (Å²) in [5, 5.41) is 9.23. The van der Waals surface area contributed by atoms with Crippen LogP contribution in [-0.2, 0) is 4.79 Å². The van der Waals surface area contributed by atoms with Crippen LogP contribution < -0.4 is 0 Å². The summed E-state index contributed by atoms with van der Waals surface area (Å²) in [5.41, 5.74) is 4.69. The Balaban J connectivity index is 2.34. The van der Waals surface area contributed by atoms with Crippen LogP contribution in [0.5, 0.6) is 0 Å². The molecule has 0 aliphatic heterocycles. The third-order valence-electron chi connectivity index (χ3n) is 4.13. The Kier molecular flexibility index (Phi) is 10.3. The molecule has 0 amide bonds. The van der Waals surface area contributed by atoms with Crippen LogP contribution in [-0.4, -0.2) is 16.8 Å². The van der Waals surface area contributed by atoms with Crippen molar-refractivity contribution in [3.63, 3.8) is 0 Å². The van der Waals surface area contributed by atoms with Gasteiger partial charge in [-0.1, -0.05) is 47.1 Å². The number of hydrogen-bond donors (Lipinski definition) is 1. The minimum absolute atomic E-state index is 0.470. The number of rotatable bonds is 10. The summed E-state index contributed by atoms with van der Waals surface area (Å²) in [7, 11) is 0. The van der Waals surface area contributed by atoms with Gasteiger partial charge >= 0.3 is 5.97 Å². The van der Waals surface area contributed by atoms with Crippen molar-refractivity contribution in [2.45, 2.75) is 66.2 Å². The maximum Gasteiger partial charge on any atom is 0.336 e. The first-order valence-corrected chi connectivity index (χ1v) is 10.1. The van der Waals surface area contributed by atoms with Gasteiger partial charge in [-0.05, 0) is 66.2 Å². The van der Waals surface area contributed by atoms with E-state index in [-0.39, 0.29) is 0 Å². The maximum atomic E-state index is 11.2. The molecule has 0 saturated carbocycles. The van der Waals surface area contributed by atoms with Gasteiger partial charge in [-0.3, -0.25) is 0 Å². The normalized spacial score (nSPS) is 15.5. The monoisotopic (exact) mass is 360 g/mol.